The lowest BCUT2D eigenvalue weighted by atomic mass is 10.1. The monoisotopic (exact) mass is 288 g/mol. The van der Waals surface area contributed by atoms with Gasteiger partial charge >= 0.3 is 0 Å². The van der Waals surface area contributed by atoms with E-state index in [9.17, 15) is 4.79 Å². The van der Waals surface area contributed by atoms with Gasteiger partial charge in [-0.15, -0.1) is 0 Å². The fourth-order valence-corrected chi connectivity index (χ4v) is 2.01. The average Bonchev–Trinajstić information content (AvgIpc) is 2.82. The molecule has 1 aromatic heterocycles. The van der Waals surface area contributed by atoms with Gasteiger partial charge in [-0.1, -0.05) is 17.3 Å². The normalized spacial score (nSPS) is 10.5. The molecular weight excluding hydrogens is 268 g/mol. The lowest BCUT2D eigenvalue weighted by molar-refractivity contribution is 0.0944. The van der Waals surface area contributed by atoms with Crippen molar-refractivity contribution in [1.29, 1.82) is 0 Å². The maximum absolute atomic E-state index is 11.9. The Balaban J connectivity index is 2.18. The predicted molar refractivity (Wildman–Crippen MR) is 79.5 cm³/mol. The van der Waals surface area contributed by atoms with Crippen LogP contribution in [0.15, 0.2) is 22.7 Å². The van der Waals surface area contributed by atoms with Crippen molar-refractivity contribution in [3.8, 4) is 5.75 Å². The van der Waals surface area contributed by atoms with E-state index in [0.717, 1.165) is 11.3 Å². The zero-order valence-electron chi connectivity index (χ0n) is 12.8. The van der Waals surface area contributed by atoms with Gasteiger partial charge in [-0.3, -0.25) is 4.79 Å². The summed E-state index contributed by atoms with van der Waals surface area (Å²) in [5.74, 6) is 1.16. The number of nitrogens with one attached hydrogen (secondary N) is 1. The summed E-state index contributed by atoms with van der Waals surface area (Å²) in [6.45, 7) is 8.48. The first-order valence-corrected chi connectivity index (χ1v) is 6.97. The van der Waals surface area contributed by atoms with Crippen molar-refractivity contribution in [2.24, 2.45) is 0 Å². The Morgan fingerprint density at radius 3 is 2.81 bits per heavy atom. The summed E-state index contributed by atoms with van der Waals surface area (Å²) in [7, 11) is 0. The summed E-state index contributed by atoms with van der Waals surface area (Å²) in [6, 6.07) is 5.90. The number of rotatable bonds is 5. The summed E-state index contributed by atoms with van der Waals surface area (Å²) >= 11 is 0. The Morgan fingerprint density at radius 2 is 2.10 bits per heavy atom. The predicted octanol–water partition coefficient (Wildman–Crippen LogP) is 2.93. The van der Waals surface area contributed by atoms with Gasteiger partial charge in [-0.25, -0.2) is 0 Å². The van der Waals surface area contributed by atoms with Crippen LogP contribution in [0.2, 0.25) is 0 Å². The molecule has 0 fully saturated rings. The average molecular weight is 288 g/mol. The van der Waals surface area contributed by atoms with Crippen LogP contribution in [0.25, 0.3) is 0 Å². The Kier molecular flexibility index (Phi) is 4.62. The Bertz CT molecular complexity index is 647. The molecule has 1 heterocycles. The van der Waals surface area contributed by atoms with Crippen LogP contribution in [0.3, 0.4) is 0 Å². The van der Waals surface area contributed by atoms with Gasteiger partial charge in [0, 0.05) is 6.54 Å². The van der Waals surface area contributed by atoms with Crippen LogP contribution in [0, 0.1) is 20.8 Å². The number of amides is 1. The minimum atomic E-state index is -0.242. The van der Waals surface area contributed by atoms with Crippen molar-refractivity contribution >= 4 is 5.91 Å². The van der Waals surface area contributed by atoms with E-state index in [1.807, 2.05) is 39.0 Å². The summed E-state index contributed by atoms with van der Waals surface area (Å²) in [5, 5.41) is 6.54. The summed E-state index contributed by atoms with van der Waals surface area (Å²) in [5.41, 5.74) is 3.23. The van der Waals surface area contributed by atoms with Crippen molar-refractivity contribution in [3.63, 3.8) is 0 Å². The van der Waals surface area contributed by atoms with Gasteiger partial charge in [0.15, 0.2) is 5.69 Å². The van der Waals surface area contributed by atoms with E-state index in [1.54, 1.807) is 6.92 Å². The first kappa shape index (κ1) is 15.1. The largest absolute Gasteiger partial charge is 0.488 e. The van der Waals surface area contributed by atoms with Crippen LogP contribution in [-0.2, 0) is 6.61 Å². The minimum Gasteiger partial charge on any atom is -0.488 e. The molecule has 1 N–H and O–H groups in total. The topological polar surface area (TPSA) is 64.4 Å². The number of hydrogen-bond acceptors (Lipinski definition) is 4. The number of aromatic nitrogens is 1. The van der Waals surface area contributed by atoms with E-state index >= 15 is 0 Å². The maximum Gasteiger partial charge on any atom is 0.273 e. The molecule has 0 bridgehead atoms. The summed E-state index contributed by atoms with van der Waals surface area (Å²) in [4.78, 5) is 11.9. The van der Waals surface area contributed by atoms with Gasteiger partial charge in [-0.2, -0.15) is 0 Å². The van der Waals surface area contributed by atoms with Gasteiger partial charge in [0.05, 0.1) is 5.56 Å². The number of nitrogens with zero attached hydrogens (tertiary/aromatic N) is 1. The van der Waals surface area contributed by atoms with E-state index in [-0.39, 0.29) is 12.5 Å². The molecule has 0 radical (unpaired) electrons. The third-order valence-corrected chi connectivity index (χ3v) is 3.46. The number of benzene rings is 1. The number of hydrogen-bond donors (Lipinski definition) is 1. The van der Waals surface area contributed by atoms with Crippen LogP contribution < -0.4 is 10.1 Å². The standard InChI is InChI=1S/C16H20N2O3/c1-5-17-16(19)15-13(12(4)21-18-15)9-20-14-8-6-7-10(2)11(14)3/h6-8H,5,9H2,1-4H3,(H,17,19). The first-order chi connectivity index (χ1) is 10.0. The molecule has 0 saturated carbocycles. The Morgan fingerprint density at radius 1 is 1.33 bits per heavy atom. The van der Waals surface area contributed by atoms with E-state index in [0.29, 0.717) is 23.6 Å². The summed E-state index contributed by atoms with van der Waals surface area (Å²) < 4.78 is 10.9. The quantitative estimate of drug-likeness (QED) is 0.918. The SMILES string of the molecule is CCNC(=O)c1noc(C)c1COc1cccc(C)c1C. The zero-order chi connectivity index (χ0) is 15.4. The van der Waals surface area contributed by atoms with Crippen molar-refractivity contribution in [2.45, 2.75) is 34.3 Å². The maximum atomic E-state index is 11.9. The van der Waals surface area contributed by atoms with Crippen LogP contribution in [0.1, 0.15) is 39.9 Å². The van der Waals surface area contributed by atoms with E-state index in [2.05, 4.69) is 10.5 Å². The third kappa shape index (κ3) is 3.24. The Labute approximate surface area is 124 Å². The smallest absolute Gasteiger partial charge is 0.273 e. The molecule has 5 nitrogen and oxygen atoms in total. The molecule has 1 amide bonds. The second kappa shape index (κ2) is 6.43. The molecule has 0 aliphatic rings. The van der Waals surface area contributed by atoms with E-state index in [1.165, 1.54) is 5.56 Å². The molecule has 0 aliphatic heterocycles. The zero-order valence-corrected chi connectivity index (χ0v) is 12.8. The number of ether oxygens (including phenoxy) is 1. The molecule has 2 aromatic rings. The molecule has 0 atom stereocenters. The molecule has 21 heavy (non-hydrogen) atoms. The molecule has 5 heteroatoms. The molecule has 112 valence electrons. The lowest BCUT2D eigenvalue weighted by Crippen LogP contribution is -2.24. The van der Waals surface area contributed by atoms with Crippen LogP contribution >= 0.6 is 0 Å². The van der Waals surface area contributed by atoms with E-state index < -0.39 is 0 Å². The molecule has 2 rings (SSSR count). The second-order valence-corrected chi connectivity index (χ2v) is 4.91. The fourth-order valence-electron chi connectivity index (χ4n) is 2.01. The third-order valence-electron chi connectivity index (χ3n) is 3.46. The van der Waals surface area contributed by atoms with Crippen LogP contribution in [-0.4, -0.2) is 17.6 Å². The van der Waals surface area contributed by atoms with Crippen LogP contribution in [0.5, 0.6) is 5.75 Å². The van der Waals surface area contributed by atoms with Gasteiger partial charge in [0.25, 0.3) is 5.91 Å². The Hall–Kier alpha value is -2.30. The van der Waals surface area contributed by atoms with Gasteiger partial charge in [0.1, 0.15) is 18.1 Å². The minimum absolute atomic E-state index is 0.242. The van der Waals surface area contributed by atoms with E-state index in [4.69, 9.17) is 9.26 Å². The molecule has 0 saturated heterocycles. The van der Waals surface area contributed by atoms with Crippen molar-refractivity contribution in [2.75, 3.05) is 6.54 Å². The number of carbonyl (C=O) groups excluding carboxylic acids is 1. The highest BCUT2D eigenvalue weighted by atomic mass is 16.5. The first-order valence-electron chi connectivity index (χ1n) is 6.97. The molecule has 0 aliphatic carbocycles. The van der Waals surface area contributed by atoms with Gasteiger partial charge < -0.3 is 14.6 Å². The highest BCUT2D eigenvalue weighted by molar-refractivity contribution is 5.93. The number of carbonyl (C=O) groups is 1. The molecule has 1 aromatic carbocycles. The van der Waals surface area contributed by atoms with Crippen LogP contribution in [0.4, 0.5) is 0 Å². The van der Waals surface area contributed by atoms with Crippen molar-refractivity contribution in [1.82, 2.24) is 10.5 Å². The van der Waals surface area contributed by atoms with Crippen molar-refractivity contribution in [3.05, 3.63) is 46.3 Å². The van der Waals surface area contributed by atoms with Crippen molar-refractivity contribution < 1.29 is 14.1 Å². The highest BCUT2D eigenvalue weighted by Crippen LogP contribution is 2.23. The summed E-state index contributed by atoms with van der Waals surface area (Å²) in [6.07, 6.45) is 0. The molecular formula is C16H20N2O3. The number of aryl methyl sites for hydroxylation is 2. The highest BCUT2D eigenvalue weighted by Gasteiger charge is 2.20. The van der Waals surface area contributed by atoms with Gasteiger partial charge in [0.2, 0.25) is 0 Å². The second-order valence-electron chi connectivity index (χ2n) is 4.91. The van der Waals surface area contributed by atoms with Gasteiger partial charge in [-0.05, 0) is 44.9 Å². The molecule has 0 unspecified atom stereocenters. The molecule has 0 spiro atoms. The fraction of sp³-hybridized carbons (Fsp3) is 0.375. The lowest BCUT2D eigenvalue weighted by Gasteiger charge is -2.11.